The van der Waals surface area contributed by atoms with Gasteiger partial charge in [0.05, 0.1) is 12.1 Å². The van der Waals surface area contributed by atoms with Crippen LogP contribution in [0.1, 0.15) is 38.5 Å². The summed E-state index contributed by atoms with van der Waals surface area (Å²) in [7, 11) is 0. The molecule has 32 heavy (non-hydrogen) atoms. The first kappa shape index (κ1) is 21.6. The fourth-order valence-corrected chi connectivity index (χ4v) is 3.47. The Kier molecular flexibility index (Phi) is 6.23. The van der Waals surface area contributed by atoms with E-state index in [2.05, 4.69) is 20.6 Å². The number of benzene rings is 2. The van der Waals surface area contributed by atoms with Gasteiger partial charge in [-0.15, -0.1) is 5.10 Å². The molecule has 1 N–H and O–H groups in total. The van der Waals surface area contributed by atoms with Crippen molar-refractivity contribution < 1.29 is 14.1 Å². The van der Waals surface area contributed by atoms with Crippen molar-refractivity contribution in [1.29, 1.82) is 0 Å². The summed E-state index contributed by atoms with van der Waals surface area (Å²) < 4.78 is 12.8. The number of amides is 1. The summed E-state index contributed by atoms with van der Waals surface area (Å²) in [5.74, 6) is 0.948. The number of hydrogen-bond donors (Lipinski definition) is 1. The zero-order valence-corrected chi connectivity index (χ0v) is 18.7. The van der Waals surface area contributed by atoms with Crippen LogP contribution in [-0.4, -0.2) is 25.8 Å². The molecule has 2 heterocycles. The van der Waals surface area contributed by atoms with Crippen LogP contribution in [0.5, 0.6) is 5.75 Å². The molecular weight excluding hydrogens is 430 g/mol. The molecule has 0 unspecified atom stereocenters. The van der Waals surface area contributed by atoms with Gasteiger partial charge in [-0.2, -0.15) is 0 Å². The molecule has 0 saturated heterocycles. The molecule has 0 saturated carbocycles. The highest BCUT2D eigenvalue weighted by Gasteiger charge is 2.22. The molecule has 4 rings (SSSR count). The molecule has 0 radical (unpaired) electrons. The predicted octanol–water partition coefficient (Wildman–Crippen LogP) is 4.72. The molecule has 164 valence electrons. The molecule has 0 atom stereocenters. The number of aromatic nitrogens is 4. The molecule has 0 spiro atoms. The molecule has 1 amide bonds. The highest BCUT2D eigenvalue weighted by molar-refractivity contribution is 6.30. The summed E-state index contributed by atoms with van der Waals surface area (Å²) in [6.45, 7) is 6.36. The van der Waals surface area contributed by atoms with E-state index in [1.807, 2.05) is 50.2 Å². The van der Waals surface area contributed by atoms with Crippen molar-refractivity contribution in [3.8, 4) is 5.75 Å². The summed E-state index contributed by atoms with van der Waals surface area (Å²) in [4.78, 5) is 16.9. The molecule has 8 nitrogen and oxygen atoms in total. The number of carbonyl (C=O) groups excluding carboxylic acids is 1. The standard InChI is InChI=1S/C23H22ClN5O3/c1-14-7-8-20(15(2)9-14)31-12-19-16(3)32-28-21(19)22(30)26-23-25-13-29(27-23)11-17-5-4-6-18(24)10-17/h4-10,13H,11-12H2,1-3H3,(H,26,27,30). The quantitative estimate of drug-likeness (QED) is 0.436. The van der Waals surface area contributed by atoms with Gasteiger partial charge in [0.25, 0.3) is 5.91 Å². The van der Waals surface area contributed by atoms with Gasteiger partial charge in [-0.3, -0.25) is 10.1 Å². The van der Waals surface area contributed by atoms with E-state index in [1.54, 1.807) is 17.7 Å². The van der Waals surface area contributed by atoms with Crippen LogP contribution in [0, 0.1) is 20.8 Å². The van der Waals surface area contributed by atoms with Crippen molar-refractivity contribution in [2.45, 2.75) is 33.9 Å². The van der Waals surface area contributed by atoms with Crippen molar-refractivity contribution in [3.05, 3.63) is 87.5 Å². The Morgan fingerprint density at radius 2 is 2.03 bits per heavy atom. The Bertz CT molecular complexity index is 1260. The van der Waals surface area contributed by atoms with Crippen LogP contribution in [0.2, 0.25) is 5.02 Å². The summed E-state index contributed by atoms with van der Waals surface area (Å²) in [6, 6.07) is 13.4. The van der Waals surface area contributed by atoms with Crippen molar-refractivity contribution in [2.24, 2.45) is 0 Å². The maximum atomic E-state index is 12.8. The summed E-state index contributed by atoms with van der Waals surface area (Å²) in [5, 5.41) is 11.5. The third-order valence-electron chi connectivity index (χ3n) is 4.90. The van der Waals surface area contributed by atoms with E-state index in [4.69, 9.17) is 20.9 Å². The van der Waals surface area contributed by atoms with E-state index in [-0.39, 0.29) is 18.2 Å². The second-order valence-corrected chi connectivity index (χ2v) is 7.91. The van der Waals surface area contributed by atoms with E-state index >= 15 is 0 Å². The smallest absolute Gasteiger partial charge is 0.280 e. The highest BCUT2D eigenvalue weighted by atomic mass is 35.5. The van der Waals surface area contributed by atoms with Gasteiger partial charge in [0.2, 0.25) is 5.95 Å². The fraction of sp³-hybridized carbons (Fsp3) is 0.217. The average Bonchev–Trinajstić information content (AvgIpc) is 3.33. The van der Waals surface area contributed by atoms with E-state index in [0.717, 1.165) is 22.4 Å². The Morgan fingerprint density at radius 3 is 2.81 bits per heavy atom. The molecule has 0 aliphatic heterocycles. The van der Waals surface area contributed by atoms with Crippen LogP contribution in [-0.2, 0) is 13.2 Å². The molecule has 0 aliphatic rings. The minimum atomic E-state index is -0.471. The number of ether oxygens (including phenoxy) is 1. The summed E-state index contributed by atoms with van der Waals surface area (Å²) in [6.07, 6.45) is 1.54. The fourth-order valence-electron chi connectivity index (χ4n) is 3.26. The number of carbonyl (C=O) groups is 1. The monoisotopic (exact) mass is 451 g/mol. The van der Waals surface area contributed by atoms with Gasteiger partial charge < -0.3 is 9.26 Å². The van der Waals surface area contributed by atoms with E-state index in [1.165, 1.54) is 6.33 Å². The first-order chi connectivity index (χ1) is 15.4. The lowest BCUT2D eigenvalue weighted by Gasteiger charge is -2.10. The molecule has 0 bridgehead atoms. The predicted molar refractivity (Wildman–Crippen MR) is 120 cm³/mol. The largest absolute Gasteiger partial charge is 0.488 e. The zero-order valence-electron chi connectivity index (χ0n) is 17.9. The van der Waals surface area contributed by atoms with Gasteiger partial charge in [-0.1, -0.05) is 46.6 Å². The lowest BCUT2D eigenvalue weighted by molar-refractivity contribution is 0.101. The Balaban J connectivity index is 1.43. The molecule has 9 heteroatoms. The molecule has 2 aromatic heterocycles. The van der Waals surface area contributed by atoms with Crippen LogP contribution in [0.15, 0.2) is 53.3 Å². The summed E-state index contributed by atoms with van der Waals surface area (Å²) in [5.41, 5.74) is 3.84. The topological polar surface area (TPSA) is 95.1 Å². The second-order valence-electron chi connectivity index (χ2n) is 7.47. The molecule has 2 aromatic carbocycles. The zero-order chi connectivity index (χ0) is 22.7. The number of aryl methyl sites for hydroxylation is 3. The first-order valence-electron chi connectivity index (χ1n) is 9.99. The van der Waals surface area contributed by atoms with Crippen molar-refractivity contribution >= 4 is 23.5 Å². The Hall–Kier alpha value is -3.65. The van der Waals surface area contributed by atoms with Crippen LogP contribution >= 0.6 is 11.6 Å². The van der Waals surface area contributed by atoms with Crippen LogP contribution in [0.4, 0.5) is 5.95 Å². The summed E-state index contributed by atoms with van der Waals surface area (Å²) >= 11 is 6.02. The molecule has 4 aromatic rings. The lowest BCUT2D eigenvalue weighted by atomic mass is 10.1. The Morgan fingerprint density at radius 1 is 1.19 bits per heavy atom. The van der Waals surface area contributed by atoms with Gasteiger partial charge >= 0.3 is 0 Å². The van der Waals surface area contributed by atoms with E-state index in [9.17, 15) is 4.79 Å². The molecule has 0 aliphatic carbocycles. The number of rotatable bonds is 7. The van der Waals surface area contributed by atoms with Crippen LogP contribution < -0.4 is 10.1 Å². The van der Waals surface area contributed by atoms with E-state index in [0.29, 0.717) is 22.9 Å². The first-order valence-corrected chi connectivity index (χ1v) is 10.4. The minimum Gasteiger partial charge on any atom is -0.488 e. The van der Waals surface area contributed by atoms with E-state index < -0.39 is 5.91 Å². The SMILES string of the molecule is Cc1ccc(OCc2c(C(=O)Nc3ncn(Cc4cccc(Cl)c4)n3)noc2C)c(C)c1. The van der Waals surface area contributed by atoms with Gasteiger partial charge in [0, 0.05) is 5.02 Å². The second kappa shape index (κ2) is 9.23. The van der Waals surface area contributed by atoms with Gasteiger partial charge in [-0.25, -0.2) is 9.67 Å². The normalized spacial score (nSPS) is 10.9. The average molecular weight is 452 g/mol. The third kappa shape index (κ3) is 4.97. The van der Waals surface area contributed by atoms with Crippen molar-refractivity contribution in [2.75, 3.05) is 5.32 Å². The molecule has 0 fully saturated rings. The minimum absolute atomic E-state index is 0.137. The van der Waals surface area contributed by atoms with Crippen molar-refractivity contribution in [3.63, 3.8) is 0 Å². The molecular formula is C23H22ClN5O3. The lowest BCUT2D eigenvalue weighted by Crippen LogP contribution is -2.16. The van der Waals surface area contributed by atoms with Crippen LogP contribution in [0.25, 0.3) is 0 Å². The Labute approximate surface area is 190 Å². The number of hydrogen-bond acceptors (Lipinski definition) is 6. The number of anilines is 1. The van der Waals surface area contributed by atoms with Crippen LogP contribution in [0.3, 0.4) is 0 Å². The van der Waals surface area contributed by atoms with Gasteiger partial charge in [0.1, 0.15) is 24.4 Å². The number of halogens is 1. The highest BCUT2D eigenvalue weighted by Crippen LogP contribution is 2.22. The van der Waals surface area contributed by atoms with Gasteiger partial charge in [0.15, 0.2) is 5.69 Å². The number of nitrogens with zero attached hydrogens (tertiary/aromatic N) is 4. The number of nitrogens with one attached hydrogen (secondary N) is 1. The van der Waals surface area contributed by atoms with Gasteiger partial charge in [-0.05, 0) is 50.1 Å². The maximum Gasteiger partial charge on any atom is 0.280 e. The third-order valence-corrected chi connectivity index (χ3v) is 5.13. The maximum absolute atomic E-state index is 12.8. The van der Waals surface area contributed by atoms with Crippen molar-refractivity contribution in [1.82, 2.24) is 19.9 Å².